The molecule has 156 valence electrons. The molecule has 0 radical (unpaired) electrons. The molecule has 0 aromatic heterocycles. The van der Waals surface area contributed by atoms with Crippen molar-refractivity contribution < 1.29 is 17.6 Å². The van der Waals surface area contributed by atoms with Crippen LogP contribution in [0.25, 0.3) is 0 Å². The molecule has 0 bridgehead atoms. The minimum absolute atomic E-state index is 0.121. The summed E-state index contributed by atoms with van der Waals surface area (Å²) in [7, 11) is -3.66. The van der Waals surface area contributed by atoms with Gasteiger partial charge in [-0.2, -0.15) is 4.31 Å². The van der Waals surface area contributed by atoms with Crippen molar-refractivity contribution in [1.82, 2.24) is 14.5 Å². The highest BCUT2D eigenvalue weighted by molar-refractivity contribution is 7.89. The SMILES string of the molecule is O=C1CCN(S(=O)(=O)c2ccccc2)CCCN(Cc2cccc(F)c2)CCN1. The summed E-state index contributed by atoms with van der Waals surface area (Å²) in [6, 6.07) is 14.7. The normalized spacial score (nSPS) is 18.0. The third-order valence-corrected chi connectivity index (χ3v) is 6.81. The summed E-state index contributed by atoms with van der Waals surface area (Å²) < 4.78 is 40.9. The third-order valence-electron chi connectivity index (χ3n) is 4.90. The fourth-order valence-corrected chi connectivity index (χ4v) is 4.90. The Morgan fingerprint density at radius 1 is 0.966 bits per heavy atom. The Kier molecular flexibility index (Phi) is 7.35. The topological polar surface area (TPSA) is 69.7 Å². The van der Waals surface area contributed by atoms with Gasteiger partial charge in [0.25, 0.3) is 0 Å². The van der Waals surface area contributed by atoms with E-state index in [1.165, 1.54) is 16.4 Å². The zero-order valence-corrected chi connectivity index (χ0v) is 17.1. The van der Waals surface area contributed by atoms with Gasteiger partial charge in [0.2, 0.25) is 15.9 Å². The van der Waals surface area contributed by atoms with Crippen LogP contribution in [0, 0.1) is 5.82 Å². The molecular weight excluding hydrogens is 393 g/mol. The van der Waals surface area contributed by atoms with Crippen LogP contribution in [0.15, 0.2) is 59.5 Å². The summed E-state index contributed by atoms with van der Waals surface area (Å²) in [6.07, 6.45) is 0.742. The van der Waals surface area contributed by atoms with Gasteiger partial charge in [-0.15, -0.1) is 0 Å². The number of carbonyl (C=O) groups excluding carboxylic acids is 1. The second-order valence-electron chi connectivity index (χ2n) is 7.08. The molecule has 0 unspecified atom stereocenters. The molecule has 8 heteroatoms. The third kappa shape index (κ3) is 6.09. The quantitative estimate of drug-likeness (QED) is 0.825. The van der Waals surface area contributed by atoms with Gasteiger partial charge in [0, 0.05) is 39.1 Å². The Labute approximate surface area is 171 Å². The van der Waals surface area contributed by atoms with Gasteiger partial charge in [-0.05, 0) is 42.8 Å². The first-order chi connectivity index (χ1) is 13.9. The highest BCUT2D eigenvalue weighted by atomic mass is 32.2. The summed E-state index contributed by atoms with van der Waals surface area (Å²) in [6.45, 7) is 2.75. The largest absolute Gasteiger partial charge is 0.355 e. The van der Waals surface area contributed by atoms with Crippen molar-refractivity contribution in [2.45, 2.75) is 24.3 Å². The zero-order chi connectivity index (χ0) is 20.7. The van der Waals surface area contributed by atoms with E-state index in [9.17, 15) is 17.6 Å². The molecule has 0 spiro atoms. The van der Waals surface area contributed by atoms with Crippen molar-refractivity contribution in [3.63, 3.8) is 0 Å². The number of hydrogen-bond donors (Lipinski definition) is 1. The van der Waals surface area contributed by atoms with Crippen molar-refractivity contribution in [3.05, 3.63) is 66.0 Å². The van der Waals surface area contributed by atoms with E-state index in [1.807, 2.05) is 6.07 Å². The molecule has 2 aromatic rings. The molecule has 1 aliphatic rings. The van der Waals surface area contributed by atoms with E-state index >= 15 is 0 Å². The van der Waals surface area contributed by atoms with Crippen LogP contribution < -0.4 is 5.32 Å². The van der Waals surface area contributed by atoms with E-state index in [-0.39, 0.29) is 29.6 Å². The highest BCUT2D eigenvalue weighted by Crippen LogP contribution is 2.17. The van der Waals surface area contributed by atoms with Crippen LogP contribution in [0.4, 0.5) is 4.39 Å². The number of amides is 1. The van der Waals surface area contributed by atoms with Crippen LogP contribution in [0.1, 0.15) is 18.4 Å². The Morgan fingerprint density at radius 3 is 2.52 bits per heavy atom. The van der Waals surface area contributed by atoms with Crippen LogP contribution in [-0.2, 0) is 21.4 Å². The fraction of sp³-hybridized carbons (Fsp3) is 0.381. The summed E-state index contributed by atoms with van der Waals surface area (Å²) >= 11 is 0. The lowest BCUT2D eigenvalue weighted by Crippen LogP contribution is -2.36. The predicted molar refractivity (Wildman–Crippen MR) is 109 cm³/mol. The predicted octanol–water partition coefficient (Wildman–Crippen LogP) is 2.23. The average Bonchev–Trinajstić information content (AvgIpc) is 2.74. The van der Waals surface area contributed by atoms with E-state index in [0.29, 0.717) is 39.1 Å². The number of hydrogen-bond acceptors (Lipinski definition) is 4. The average molecular weight is 420 g/mol. The van der Waals surface area contributed by atoms with E-state index in [0.717, 1.165) is 5.56 Å². The Hall–Kier alpha value is -2.29. The van der Waals surface area contributed by atoms with Gasteiger partial charge in [0.05, 0.1) is 4.90 Å². The summed E-state index contributed by atoms with van der Waals surface area (Å²) in [5.41, 5.74) is 0.847. The number of carbonyl (C=O) groups is 1. The molecule has 1 N–H and O–H groups in total. The molecular formula is C21H26FN3O3S. The second-order valence-corrected chi connectivity index (χ2v) is 9.01. The standard InChI is InChI=1S/C21H26FN3O3S/c22-19-7-4-6-18(16-19)17-24-12-5-13-25(14-10-21(26)23-11-15-24)29(27,28)20-8-2-1-3-9-20/h1-4,6-9,16H,5,10-15,17H2,(H,23,26). The van der Waals surface area contributed by atoms with Crippen LogP contribution in [0.3, 0.4) is 0 Å². The first-order valence-electron chi connectivity index (χ1n) is 9.74. The molecule has 1 fully saturated rings. The molecule has 0 atom stereocenters. The molecule has 1 saturated heterocycles. The lowest BCUT2D eigenvalue weighted by molar-refractivity contribution is -0.121. The first-order valence-corrected chi connectivity index (χ1v) is 11.2. The molecule has 2 aromatic carbocycles. The minimum atomic E-state index is -3.66. The maximum atomic E-state index is 13.5. The van der Waals surface area contributed by atoms with Crippen molar-refractivity contribution in [1.29, 1.82) is 0 Å². The maximum Gasteiger partial charge on any atom is 0.243 e. The van der Waals surface area contributed by atoms with Crippen LogP contribution >= 0.6 is 0 Å². The fourth-order valence-electron chi connectivity index (χ4n) is 3.40. The number of nitrogens with zero attached hydrogens (tertiary/aromatic N) is 2. The second kappa shape index (κ2) is 9.96. The van der Waals surface area contributed by atoms with Gasteiger partial charge < -0.3 is 5.32 Å². The van der Waals surface area contributed by atoms with Gasteiger partial charge in [0.1, 0.15) is 5.82 Å². The molecule has 3 rings (SSSR count). The van der Waals surface area contributed by atoms with Gasteiger partial charge in [-0.3, -0.25) is 9.69 Å². The van der Waals surface area contributed by atoms with Crippen molar-refractivity contribution >= 4 is 15.9 Å². The van der Waals surface area contributed by atoms with Crippen molar-refractivity contribution in [2.24, 2.45) is 0 Å². The zero-order valence-electron chi connectivity index (χ0n) is 16.3. The molecule has 6 nitrogen and oxygen atoms in total. The lowest BCUT2D eigenvalue weighted by Gasteiger charge is -2.24. The maximum absolute atomic E-state index is 13.5. The van der Waals surface area contributed by atoms with E-state index in [2.05, 4.69) is 10.2 Å². The van der Waals surface area contributed by atoms with Gasteiger partial charge in [-0.1, -0.05) is 30.3 Å². The Balaban J connectivity index is 1.72. The van der Waals surface area contributed by atoms with E-state index in [4.69, 9.17) is 0 Å². The smallest absolute Gasteiger partial charge is 0.243 e. The minimum Gasteiger partial charge on any atom is -0.355 e. The summed E-state index contributed by atoms with van der Waals surface area (Å²) in [5, 5.41) is 2.84. The number of rotatable bonds is 4. The number of halogens is 1. The molecule has 1 amide bonds. The molecule has 0 saturated carbocycles. The van der Waals surface area contributed by atoms with E-state index < -0.39 is 10.0 Å². The van der Waals surface area contributed by atoms with Crippen molar-refractivity contribution in [3.8, 4) is 0 Å². The summed E-state index contributed by atoms with van der Waals surface area (Å²) in [4.78, 5) is 14.5. The molecule has 1 aliphatic heterocycles. The van der Waals surface area contributed by atoms with Gasteiger partial charge in [0.15, 0.2) is 0 Å². The first kappa shape index (κ1) is 21.4. The number of benzene rings is 2. The molecule has 1 heterocycles. The highest BCUT2D eigenvalue weighted by Gasteiger charge is 2.25. The lowest BCUT2D eigenvalue weighted by atomic mass is 10.2. The van der Waals surface area contributed by atoms with Gasteiger partial charge >= 0.3 is 0 Å². The summed E-state index contributed by atoms with van der Waals surface area (Å²) in [5.74, 6) is -0.459. The molecule has 29 heavy (non-hydrogen) atoms. The number of nitrogens with one attached hydrogen (secondary N) is 1. The van der Waals surface area contributed by atoms with E-state index in [1.54, 1.807) is 36.4 Å². The Bertz CT molecular complexity index is 922. The number of sulfonamides is 1. The van der Waals surface area contributed by atoms with Crippen LogP contribution in [0.5, 0.6) is 0 Å². The Morgan fingerprint density at radius 2 is 1.76 bits per heavy atom. The monoisotopic (exact) mass is 419 g/mol. The van der Waals surface area contributed by atoms with Crippen molar-refractivity contribution in [2.75, 3.05) is 32.7 Å². The van der Waals surface area contributed by atoms with Gasteiger partial charge in [-0.25, -0.2) is 12.8 Å². The van der Waals surface area contributed by atoms with Crippen LogP contribution in [-0.4, -0.2) is 56.3 Å². The van der Waals surface area contributed by atoms with Crippen LogP contribution in [0.2, 0.25) is 0 Å². The molecule has 0 aliphatic carbocycles.